The second kappa shape index (κ2) is 5.44. The topological polar surface area (TPSA) is 47.8 Å². The monoisotopic (exact) mass is 307 g/mol. The molecule has 0 spiro atoms. The third kappa shape index (κ3) is 2.67. The lowest BCUT2D eigenvalue weighted by Crippen LogP contribution is -2.27. The Morgan fingerprint density at radius 1 is 1.33 bits per heavy atom. The zero-order valence-electron chi connectivity index (χ0n) is 10.4. The highest BCUT2D eigenvalue weighted by atomic mass is 79.9. The van der Waals surface area contributed by atoms with Crippen molar-refractivity contribution >= 4 is 15.9 Å². The van der Waals surface area contributed by atoms with E-state index in [0.717, 1.165) is 28.0 Å². The maximum Gasteiger partial charge on any atom is 0.348 e. The molecule has 18 heavy (non-hydrogen) atoms. The molecule has 0 saturated carbocycles. The molecule has 5 heteroatoms. The molecule has 0 fully saturated rings. The van der Waals surface area contributed by atoms with E-state index >= 15 is 0 Å². The molecule has 2 heterocycles. The molecule has 4 nitrogen and oxygen atoms in total. The van der Waals surface area contributed by atoms with Crippen LogP contribution in [0.4, 0.5) is 0 Å². The first-order chi connectivity index (χ1) is 8.59. The van der Waals surface area contributed by atoms with Gasteiger partial charge in [0.15, 0.2) is 0 Å². The van der Waals surface area contributed by atoms with Crippen LogP contribution >= 0.6 is 15.9 Å². The van der Waals surface area contributed by atoms with Gasteiger partial charge >= 0.3 is 5.69 Å². The van der Waals surface area contributed by atoms with Gasteiger partial charge in [0.05, 0.1) is 10.2 Å². The van der Waals surface area contributed by atoms with Gasteiger partial charge < -0.3 is 0 Å². The van der Waals surface area contributed by atoms with E-state index < -0.39 is 0 Å². The number of aromatic nitrogens is 3. The Balaban J connectivity index is 2.25. The Bertz CT molecular complexity index is 608. The Morgan fingerprint density at radius 3 is 2.78 bits per heavy atom. The van der Waals surface area contributed by atoms with E-state index in [9.17, 15) is 4.79 Å². The smallest absolute Gasteiger partial charge is 0.295 e. The minimum atomic E-state index is -0.205. The summed E-state index contributed by atoms with van der Waals surface area (Å²) >= 11 is 3.45. The maximum atomic E-state index is 11.8. The quantitative estimate of drug-likeness (QED) is 0.874. The summed E-state index contributed by atoms with van der Waals surface area (Å²) in [4.78, 5) is 20.1. The minimum absolute atomic E-state index is 0.205. The van der Waals surface area contributed by atoms with Gasteiger partial charge in [0, 0.05) is 30.6 Å². The standard InChI is InChI=1S/C13H14BrN3O/c1-9-12(14)10(2)17(13(18)16-9)8-6-11-5-3-4-7-15-11/h3-5,7H,6,8H2,1-2H3. The maximum absolute atomic E-state index is 11.8. The van der Waals surface area contributed by atoms with E-state index in [-0.39, 0.29) is 5.69 Å². The molecule has 94 valence electrons. The summed E-state index contributed by atoms with van der Waals surface area (Å²) in [5.74, 6) is 0. The van der Waals surface area contributed by atoms with E-state index in [1.54, 1.807) is 10.8 Å². The first kappa shape index (κ1) is 13.0. The van der Waals surface area contributed by atoms with Crippen molar-refractivity contribution in [1.82, 2.24) is 14.5 Å². The highest BCUT2D eigenvalue weighted by Gasteiger charge is 2.09. The molecule has 0 bridgehead atoms. The molecule has 2 rings (SSSR count). The summed E-state index contributed by atoms with van der Waals surface area (Å²) < 4.78 is 2.56. The molecule has 0 saturated heterocycles. The Kier molecular flexibility index (Phi) is 3.91. The number of aryl methyl sites for hydroxylation is 2. The van der Waals surface area contributed by atoms with Crippen molar-refractivity contribution in [3.05, 3.63) is 56.4 Å². The predicted octanol–water partition coefficient (Wildman–Crippen LogP) is 2.26. The van der Waals surface area contributed by atoms with Crippen LogP contribution < -0.4 is 5.69 Å². The van der Waals surface area contributed by atoms with Crippen molar-refractivity contribution in [3.63, 3.8) is 0 Å². The molecule has 0 amide bonds. The summed E-state index contributed by atoms with van der Waals surface area (Å²) in [6, 6.07) is 5.78. The van der Waals surface area contributed by atoms with Crippen LogP contribution in [-0.4, -0.2) is 14.5 Å². The highest BCUT2D eigenvalue weighted by molar-refractivity contribution is 9.10. The van der Waals surface area contributed by atoms with E-state index in [1.165, 1.54) is 0 Å². The molecule has 0 aliphatic heterocycles. The van der Waals surface area contributed by atoms with Gasteiger partial charge in [-0.1, -0.05) is 6.07 Å². The van der Waals surface area contributed by atoms with Crippen molar-refractivity contribution in [1.29, 1.82) is 0 Å². The van der Waals surface area contributed by atoms with Crippen molar-refractivity contribution < 1.29 is 0 Å². The largest absolute Gasteiger partial charge is 0.348 e. The van der Waals surface area contributed by atoms with Crippen LogP contribution in [0.3, 0.4) is 0 Å². The number of pyridine rings is 1. The molecule has 0 unspecified atom stereocenters. The van der Waals surface area contributed by atoms with Crippen LogP contribution in [0.5, 0.6) is 0 Å². The Morgan fingerprint density at radius 2 is 2.11 bits per heavy atom. The van der Waals surface area contributed by atoms with Crippen molar-refractivity contribution in [3.8, 4) is 0 Å². The average Bonchev–Trinajstić information content (AvgIpc) is 2.37. The third-order valence-electron chi connectivity index (χ3n) is 2.85. The SMILES string of the molecule is Cc1nc(=O)n(CCc2ccccn2)c(C)c1Br. The molecule has 2 aromatic rings. The first-order valence-corrected chi connectivity index (χ1v) is 6.52. The average molecular weight is 308 g/mol. The first-order valence-electron chi connectivity index (χ1n) is 5.73. The Labute approximate surface area is 114 Å². The minimum Gasteiger partial charge on any atom is -0.295 e. The second-order valence-electron chi connectivity index (χ2n) is 4.10. The lowest BCUT2D eigenvalue weighted by atomic mass is 10.2. The lowest BCUT2D eigenvalue weighted by molar-refractivity contribution is 0.616. The number of hydrogen-bond donors (Lipinski definition) is 0. The van der Waals surface area contributed by atoms with Gasteiger partial charge in [0.1, 0.15) is 0 Å². The fraction of sp³-hybridized carbons (Fsp3) is 0.308. The third-order valence-corrected chi connectivity index (χ3v) is 4.00. The Hall–Kier alpha value is -1.49. The zero-order chi connectivity index (χ0) is 13.1. The lowest BCUT2D eigenvalue weighted by Gasteiger charge is -2.11. The normalized spacial score (nSPS) is 10.6. The fourth-order valence-electron chi connectivity index (χ4n) is 1.81. The molecular weight excluding hydrogens is 294 g/mol. The summed E-state index contributed by atoms with van der Waals surface area (Å²) in [7, 11) is 0. The molecule has 0 aliphatic carbocycles. The van der Waals surface area contributed by atoms with Gasteiger partial charge in [-0.15, -0.1) is 0 Å². The van der Waals surface area contributed by atoms with Crippen molar-refractivity contribution in [2.24, 2.45) is 0 Å². The summed E-state index contributed by atoms with van der Waals surface area (Å²) in [6.07, 6.45) is 2.48. The molecule has 0 atom stereocenters. The van der Waals surface area contributed by atoms with Crippen LogP contribution in [0.2, 0.25) is 0 Å². The van der Waals surface area contributed by atoms with Gasteiger partial charge in [-0.2, -0.15) is 4.98 Å². The molecular formula is C13H14BrN3O. The van der Waals surface area contributed by atoms with Gasteiger partial charge in [-0.05, 0) is 41.9 Å². The molecule has 0 radical (unpaired) electrons. The fourth-order valence-corrected chi connectivity index (χ4v) is 2.12. The number of rotatable bonds is 3. The van der Waals surface area contributed by atoms with Crippen LogP contribution in [0.15, 0.2) is 33.7 Å². The van der Waals surface area contributed by atoms with Crippen LogP contribution in [0, 0.1) is 13.8 Å². The van der Waals surface area contributed by atoms with Crippen molar-refractivity contribution in [2.45, 2.75) is 26.8 Å². The van der Waals surface area contributed by atoms with Gasteiger partial charge in [-0.3, -0.25) is 9.55 Å². The van der Waals surface area contributed by atoms with E-state index in [4.69, 9.17) is 0 Å². The summed E-state index contributed by atoms with van der Waals surface area (Å²) in [5.41, 5.74) is 2.40. The van der Waals surface area contributed by atoms with E-state index in [1.807, 2.05) is 32.0 Å². The van der Waals surface area contributed by atoms with Gasteiger partial charge in [-0.25, -0.2) is 4.79 Å². The number of halogens is 1. The molecule has 2 aromatic heterocycles. The zero-order valence-corrected chi connectivity index (χ0v) is 11.9. The second-order valence-corrected chi connectivity index (χ2v) is 4.89. The summed E-state index contributed by atoms with van der Waals surface area (Å²) in [5, 5.41) is 0. The van der Waals surface area contributed by atoms with Crippen LogP contribution in [0.25, 0.3) is 0 Å². The molecule has 0 N–H and O–H groups in total. The summed E-state index contributed by atoms with van der Waals surface area (Å²) in [6.45, 7) is 4.33. The van der Waals surface area contributed by atoms with E-state index in [2.05, 4.69) is 25.9 Å². The molecule has 0 aliphatic rings. The molecule has 0 aromatic carbocycles. The number of nitrogens with zero attached hydrogens (tertiary/aromatic N) is 3. The highest BCUT2D eigenvalue weighted by Crippen LogP contribution is 2.16. The van der Waals surface area contributed by atoms with Crippen molar-refractivity contribution in [2.75, 3.05) is 0 Å². The predicted molar refractivity (Wildman–Crippen MR) is 73.6 cm³/mol. The number of hydrogen-bond acceptors (Lipinski definition) is 3. The van der Waals surface area contributed by atoms with E-state index in [0.29, 0.717) is 6.54 Å². The van der Waals surface area contributed by atoms with Crippen LogP contribution in [-0.2, 0) is 13.0 Å². The van der Waals surface area contributed by atoms with Gasteiger partial charge in [0.2, 0.25) is 0 Å². The van der Waals surface area contributed by atoms with Gasteiger partial charge in [0.25, 0.3) is 0 Å². The van der Waals surface area contributed by atoms with Crippen LogP contribution in [0.1, 0.15) is 17.1 Å².